The van der Waals surface area contributed by atoms with Crippen LogP contribution in [0.5, 0.6) is 0 Å². The molecule has 0 saturated carbocycles. The Balaban J connectivity index is 3.23. The molecule has 1 aromatic heterocycles. The summed E-state index contributed by atoms with van der Waals surface area (Å²) in [6, 6.07) is 0.561. The standard InChI is InChI=1S/C6H4F6N2/c7-5(8,9)3-1-2-4(14(3)13)6(10,11)12/h1-2H,13H2. The van der Waals surface area contributed by atoms with Gasteiger partial charge in [-0.15, -0.1) is 0 Å². The molecule has 2 N–H and O–H groups in total. The van der Waals surface area contributed by atoms with E-state index in [1.807, 2.05) is 0 Å². The number of rotatable bonds is 0. The molecule has 80 valence electrons. The summed E-state index contributed by atoms with van der Waals surface area (Å²) in [5.41, 5.74) is -3.07. The predicted molar refractivity (Wildman–Crippen MR) is 34.6 cm³/mol. The second-order valence-electron chi connectivity index (χ2n) is 2.47. The Kier molecular flexibility index (Phi) is 2.17. The molecule has 1 heterocycles. The van der Waals surface area contributed by atoms with Gasteiger partial charge in [0.05, 0.1) is 0 Å². The Morgan fingerprint density at radius 2 is 1.14 bits per heavy atom. The van der Waals surface area contributed by atoms with E-state index in [1.165, 1.54) is 0 Å². The van der Waals surface area contributed by atoms with Crippen LogP contribution in [0.1, 0.15) is 11.4 Å². The van der Waals surface area contributed by atoms with Crippen LogP contribution in [0.2, 0.25) is 0 Å². The molecule has 1 rings (SSSR count). The number of alkyl halides is 6. The molecular formula is C6H4F6N2. The van der Waals surface area contributed by atoms with Crippen molar-refractivity contribution >= 4 is 0 Å². The minimum absolute atomic E-state index is 0.281. The van der Waals surface area contributed by atoms with Gasteiger partial charge in [0.2, 0.25) is 0 Å². The maximum Gasteiger partial charge on any atom is 0.433 e. The Labute approximate surface area is 73.9 Å². The highest BCUT2D eigenvalue weighted by Gasteiger charge is 2.41. The zero-order chi connectivity index (χ0) is 11.1. The maximum atomic E-state index is 12.0. The highest BCUT2D eigenvalue weighted by atomic mass is 19.4. The molecule has 0 bridgehead atoms. The molecule has 2 nitrogen and oxygen atoms in total. The van der Waals surface area contributed by atoms with Crippen LogP contribution in [-0.2, 0) is 12.4 Å². The normalized spacial score (nSPS) is 13.3. The van der Waals surface area contributed by atoms with Crippen LogP contribution in [-0.4, -0.2) is 4.68 Å². The molecule has 0 radical (unpaired) electrons. The summed E-state index contributed by atoms with van der Waals surface area (Å²) in [6.45, 7) is 0. The summed E-state index contributed by atoms with van der Waals surface area (Å²) in [6.07, 6.45) is -9.78. The van der Waals surface area contributed by atoms with E-state index in [1.54, 1.807) is 0 Å². The number of aromatic nitrogens is 1. The largest absolute Gasteiger partial charge is 0.433 e. The Morgan fingerprint density at radius 1 is 0.857 bits per heavy atom. The van der Waals surface area contributed by atoms with Crippen molar-refractivity contribution in [3.8, 4) is 0 Å². The van der Waals surface area contributed by atoms with Gasteiger partial charge in [0.1, 0.15) is 11.4 Å². The van der Waals surface area contributed by atoms with Crippen LogP contribution in [0.4, 0.5) is 26.3 Å². The van der Waals surface area contributed by atoms with E-state index >= 15 is 0 Å². The average Bonchev–Trinajstić information content (AvgIpc) is 2.26. The lowest BCUT2D eigenvalue weighted by Crippen LogP contribution is -2.25. The number of nitrogen functional groups attached to an aromatic ring is 1. The molecule has 0 aromatic carbocycles. The lowest BCUT2D eigenvalue weighted by Gasteiger charge is -2.11. The number of hydrogen-bond donors (Lipinski definition) is 1. The van der Waals surface area contributed by atoms with Gasteiger partial charge < -0.3 is 5.84 Å². The second-order valence-corrected chi connectivity index (χ2v) is 2.47. The quantitative estimate of drug-likeness (QED) is 0.525. The molecule has 1 aromatic rings. The van der Waals surface area contributed by atoms with Crippen molar-refractivity contribution in [1.29, 1.82) is 0 Å². The van der Waals surface area contributed by atoms with Crippen molar-refractivity contribution in [1.82, 2.24) is 4.68 Å². The van der Waals surface area contributed by atoms with E-state index in [2.05, 4.69) is 5.84 Å². The fraction of sp³-hybridized carbons (Fsp3) is 0.333. The first-order chi connectivity index (χ1) is 6.14. The van der Waals surface area contributed by atoms with Gasteiger partial charge in [-0.2, -0.15) is 26.3 Å². The van der Waals surface area contributed by atoms with Crippen LogP contribution in [0.15, 0.2) is 12.1 Å². The van der Waals surface area contributed by atoms with Gasteiger partial charge in [0, 0.05) is 0 Å². The van der Waals surface area contributed by atoms with Crippen LogP contribution in [0.25, 0.3) is 0 Å². The highest BCUT2D eigenvalue weighted by molar-refractivity contribution is 5.21. The van der Waals surface area contributed by atoms with Crippen molar-refractivity contribution in [2.24, 2.45) is 0 Å². The molecule has 0 spiro atoms. The van der Waals surface area contributed by atoms with E-state index < -0.39 is 28.4 Å². The summed E-state index contributed by atoms with van der Waals surface area (Å²) in [7, 11) is 0. The van der Waals surface area contributed by atoms with Crippen LogP contribution in [0.3, 0.4) is 0 Å². The lowest BCUT2D eigenvalue weighted by molar-refractivity contribution is -0.151. The summed E-state index contributed by atoms with van der Waals surface area (Å²) < 4.78 is 71.5. The molecule has 8 heteroatoms. The van der Waals surface area contributed by atoms with Crippen molar-refractivity contribution in [2.75, 3.05) is 5.84 Å². The van der Waals surface area contributed by atoms with Gasteiger partial charge in [-0.3, -0.25) is 4.68 Å². The molecule has 0 saturated heterocycles. The van der Waals surface area contributed by atoms with Crippen LogP contribution < -0.4 is 5.84 Å². The monoisotopic (exact) mass is 218 g/mol. The van der Waals surface area contributed by atoms with Gasteiger partial charge in [0.15, 0.2) is 0 Å². The summed E-state index contributed by atoms with van der Waals surface area (Å²) in [5, 5.41) is 0. The molecule has 14 heavy (non-hydrogen) atoms. The summed E-state index contributed by atoms with van der Waals surface area (Å²) in [4.78, 5) is 0. The molecule has 0 fully saturated rings. The molecular weight excluding hydrogens is 214 g/mol. The molecule has 0 atom stereocenters. The fourth-order valence-electron chi connectivity index (χ4n) is 0.910. The van der Waals surface area contributed by atoms with Gasteiger partial charge in [-0.05, 0) is 12.1 Å². The van der Waals surface area contributed by atoms with E-state index in [4.69, 9.17) is 0 Å². The minimum Gasteiger partial charge on any atom is -0.339 e. The van der Waals surface area contributed by atoms with Crippen LogP contribution >= 0.6 is 0 Å². The Bertz CT molecular complexity index is 302. The Morgan fingerprint density at radius 3 is 1.29 bits per heavy atom. The third-order valence-corrected chi connectivity index (χ3v) is 1.50. The minimum atomic E-state index is -4.89. The first kappa shape index (κ1) is 10.7. The summed E-state index contributed by atoms with van der Waals surface area (Å²) in [5.74, 6) is 4.65. The van der Waals surface area contributed by atoms with Gasteiger partial charge in [0.25, 0.3) is 0 Å². The van der Waals surface area contributed by atoms with E-state index in [9.17, 15) is 26.3 Å². The topological polar surface area (TPSA) is 30.9 Å². The predicted octanol–water partition coefficient (Wildman–Crippen LogP) is 2.24. The molecule has 0 unspecified atom stereocenters. The average molecular weight is 218 g/mol. The third-order valence-electron chi connectivity index (χ3n) is 1.50. The smallest absolute Gasteiger partial charge is 0.339 e. The summed E-state index contributed by atoms with van der Waals surface area (Å²) >= 11 is 0. The number of halogens is 6. The zero-order valence-corrected chi connectivity index (χ0v) is 6.45. The van der Waals surface area contributed by atoms with Crippen molar-refractivity contribution in [3.63, 3.8) is 0 Å². The van der Waals surface area contributed by atoms with Crippen molar-refractivity contribution < 1.29 is 26.3 Å². The fourth-order valence-corrected chi connectivity index (χ4v) is 0.910. The van der Waals surface area contributed by atoms with E-state index in [0.29, 0.717) is 0 Å². The van der Waals surface area contributed by atoms with Gasteiger partial charge in [-0.1, -0.05) is 0 Å². The first-order valence-electron chi connectivity index (χ1n) is 3.25. The van der Waals surface area contributed by atoms with Gasteiger partial charge in [-0.25, -0.2) is 0 Å². The third kappa shape index (κ3) is 1.78. The second kappa shape index (κ2) is 2.82. The highest BCUT2D eigenvalue weighted by Crippen LogP contribution is 2.35. The Hall–Kier alpha value is -1.34. The zero-order valence-electron chi connectivity index (χ0n) is 6.45. The number of nitrogens with zero attached hydrogens (tertiary/aromatic N) is 1. The molecule has 0 amide bonds. The number of hydrogen-bond acceptors (Lipinski definition) is 1. The molecule has 0 aliphatic rings. The van der Waals surface area contributed by atoms with Crippen LogP contribution in [0, 0.1) is 0 Å². The maximum absolute atomic E-state index is 12.0. The van der Waals surface area contributed by atoms with E-state index in [0.717, 1.165) is 0 Å². The molecule has 0 aliphatic carbocycles. The lowest BCUT2D eigenvalue weighted by atomic mass is 10.4. The van der Waals surface area contributed by atoms with Gasteiger partial charge >= 0.3 is 12.4 Å². The first-order valence-corrected chi connectivity index (χ1v) is 3.25. The SMILES string of the molecule is Nn1c(C(F)(F)F)ccc1C(F)(F)F. The van der Waals surface area contributed by atoms with Crippen molar-refractivity contribution in [2.45, 2.75) is 12.4 Å². The number of nitrogens with two attached hydrogens (primary N) is 1. The van der Waals surface area contributed by atoms with Crippen molar-refractivity contribution in [3.05, 3.63) is 23.5 Å². The van der Waals surface area contributed by atoms with E-state index in [-0.39, 0.29) is 12.1 Å². The molecule has 0 aliphatic heterocycles.